The van der Waals surface area contributed by atoms with Crippen molar-refractivity contribution in [2.24, 2.45) is 0 Å². The molecule has 0 radical (unpaired) electrons. The lowest BCUT2D eigenvalue weighted by Gasteiger charge is -2.20. The Labute approximate surface area is 109 Å². The van der Waals surface area contributed by atoms with Gasteiger partial charge in [-0.2, -0.15) is 0 Å². The summed E-state index contributed by atoms with van der Waals surface area (Å²) in [7, 11) is 2.04. The van der Waals surface area contributed by atoms with E-state index >= 15 is 0 Å². The van der Waals surface area contributed by atoms with Crippen LogP contribution in [0.2, 0.25) is 0 Å². The Balaban J connectivity index is 2.17. The van der Waals surface area contributed by atoms with Gasteiger partial charge < -0.3 is 10.6 Å². The molecule has 2 N–H and O–H groups in total. The molecule has 4 heteroatoms. The quantitative estimate of drug-likeness (QED) is 0.945. The molecule has 88 valence electrons. The van der Waals surface area contributed by atoms with Crippen LogP contribution in [0.25, 0.3) is 0 Å². The predicted octanol–water partition coefficient (Wildman–Crippen LogP) is 3.06. The number of rotatable bonds is 3. The van der Waals surface area contributed by atoms with Crippen LogP contribution in [0.4, 0.5) is 11.5 Å². The molecule has 0 atom stereocenters. The first-order chi connectivity index (χ1) is 8.16. The van der Waals surface area contributed by atoms with Crippen LogP contribution in [0.5, 0.6) is 0 Å². The van der Waals surface area contributed by atoms with Crippen LogP contribution in [0.15, 0.2) is 47.1 Å². The van der Waals surface area contributed by atoms with Gasteiger partial charge in [0, 0.05) is 36.0 Å². The highest BCUT2D eigenvalue weighted by molar-refractivity contribution is 9.10. The third-order valence-corrected chi connectivity index (χ3v) is 3.34. The smallest absolute Gasteiger partial charge is 0.125 e. The van der Waals surface area contributed by atoms with Gasteiger partial charge in [0.15, 0.2) is 0 Å². The van der Waals surface area contributed by atoms with Crippen molar-refractivity contribution in [2.75, 3.05) is 17.7 Å². The van der Waals surface area contributed by atoms with Crippen molar-refractivity contribution in [1.82, 2.24) is 4.98 Å². The molecule has 2 aromatic rings. The maximum Gasteiger partial charge on any atom is 0.125 e. The van der Waals surface area contributed by atoms with Crippen LogP contribution in [-0.4, -0.2) is 12.0 Å². The first-order valence-electron chi connectivity index (χ1n) is 5.33. The van der Waals surface area contributed by atoms with Crippen LogP contribution in [0.3, 0.4) is 0 Å². The molecule has 0 aliphatic rings. The number of hydrogen-bond donors (Lipinski definition) is 1. The fourth-order valence-electron chi connectivity index (χ4n) is 1.65. The summed E-state index contributed by atoms with van der Waals surface area (Å²) in [6.45, 7) is 0.824. The SMILES string of the molecule is CN(Cc1ccccc1Br)c1ccnc(N)c1. The summed E-state index contributed by atoms with van der Waals surface area (Å²) in [4.78, 5) is 6.13. The van der Waals surface area contributed by atoms with Crippen LogP contribution in [-0.2, 0) is 6.54 Å². The van der Waals surface area contributed by atoms with Gasteiger partial charge in [-0.25, -0.2) is 4.98 Å². The monoisotopic (exact) mass is 291 g/mol. The van der Waals surface area contributed by atoms with Crippen LogP contribution >= 0.6 is 15.9 Å². The van der Waals surface area contributed by atoms with Gasteiger partial charge in [-0.05, 0) is 17.7 Å². The number of aromatic nitrogens is 1. The molecule has 0 saturated carbocycles. The van der Waals surface area contributed by atoms with E-state index in [0.717, 1.165) is 16.7 Å². The first kappa shape index (κ1) is 11.9. The molecule has 0 aliphatic carbocycles. The van der Waals surface area contributed by atoms with Gasteiger partial charge in [0.2, 0.25) is 0 Å². The largest absolute Gasteiger partial charge is 0.384 e. The van der Waals surface area contributed by atoms with Gasteiger partial charge in [0.25, 0.3) is 0 Å². The molecule has 0 unspecified atom stereocenters. The van der Waals surface area contributed by atoms with Gasteiger partial charge >= 0.3 is 0 Å². The third-order valence-electron chi connectivity index (χ3n) is 2.57. The van der Waals surface area contributed by atoms with E-state index in [9.17, 15) is 0 Å². The van der Waals surface area contributed by atoms with E-state index in [1.165, 1.54) is 5.56 Å². The van der Waals surface area contributed by atoms with Gasteiger partial charge in [-0.15, -0.1) is 0 Å². The van der Waals surface area contributed by atoms with Crippen molar-refractivity contribution in [3.05, 3.63) is 52.6 Å². The van der Waals surface area contributed by atoms with Gasteiger partial charge in [0.1, 0.15) is 5.82 Å². The number of nitrogen functional groups attached to an aromatic ring is 1. The molecule has 0 spiro atoms. The van der Waals surface area contributed by atoms with Crippen molar-refractivity contribution in [1.29, 1.82) is 0 Å². The Hall–Kier alpha value is -1.55. The van der Waals surface area contributed by atoms with Gasteiger partial charge in [0.05, 0.1) is 0 Å². The molecule has 0 aliphatic heterocycles. The Kier molecular flexibility index (Phi) is 3.64. The highest BCUT2D eigenvalue weighted by Gasteiger charge is 2.05. The average molecular weight is 292 g/mol. The summed E-state index contributed by atoms with van der Waals surface area (Å²) in [5.41, 5.74) is 7.98. The lowest BCUT2D eigenvalue weighted by molar-refractivity contribution is 0.917. The number of benzene rings is 1. The number of halogens is 1. The normalized spacial score (nSPS) is 10.2. The predicted molar refractivity (Wildman–Crippen MR) is 74.9 cm³/mol. The molecular formula is C13H14BrN3. The minimum absolute atomic E-state index is 0.543. The summed E-state index contributed by atoms with van der Waals surface area (Å²) < 4.78 is 1.12. The van der Waals surface area contributed by atoms with Crippen molar-refractivity contribution in [2.45, 2.75) is 6.54 Å². The Morgan fingerprint density at radius 3 is 2.76 bits per heavy atom. The van der Waals surface area contributed by atoms with Crippen molar-refractivity contribution in [3.8, 4) is 0 Å². The van der Waals surface area contributed by atoms with Crippen molar-refractivity contribution < 1.29 is 0 Å². The molecule has 1 heterocycles. The average Bonchev–Trinajstić information content (AvgIpc) is 2.32. The van der Waals surface area contributed by atoms with Crippen LogP contribution in [0, 0.1) is 0 Å². The zero-order chi connectivity index (χ0) is 12.3. The minimum atomic E-state index is 0.543. The Morgan fingerprint density at radius 2 is 2.06 bits per heavy atom. The van der Waals surface area contributed by atoms with E-state index in [2.05, 4.69) is 31.9 Å². The van der Waals surface area contributed by atoms with Crippen LogP contribution in [0.1, 0.15) is 5.56 Å². The summed E-state index contributed by atoms with van der Waals surface area (Å²) in [5.74, 6) is 0.543. The molecule has 0 fully saturated rings. The van der Waals surface area contributed by atoms with Gasteiger partial charge in [-0.1, -0.05) is 34.1 Å². The number of nitrogens with two attached hydrogens (primary N) is 1. The van der Waals surface area contributed by atoms with E-state index < -0.39 is 0 Å². The Morgan fingerprint density at radius 1 is 1.29 bits per heavy atom. The number of anilines is 2. The highest BCUT2D eigenvalue weighted by Crippen LogP contribution is 2.21. The molecular weight excluding hydrogens is 278 g/mol. The van der Waals surface area contributed by atoms with Crippen molar-refractivity contribution >= 4 is 27.4 Å². The second-order valence-corrected chi connectivity index (χ2v) is 4.74. The standard InChI is InChI=1S/C13H14BrN3/c1-17(11-6-7-16-13(15)8-11)9-10-4-2-3-5-12(10)14/h2-8H,9H2,1H3,(H2,15,16). The fourth-order valence-corrected chi connectivity index (χ4v) is 2.06. The van der Waals surface area contributed by atoms with Crippen LogP contribution < -0.4 is 10.6 Å². The molecule has 1 aromatic heterocycles. The molecule has 17 heavy (non-hydrogen) atoms. The fraction of sp³-hybridized carbons (Fsp3) is 0.154. The second-order valence-electron chi connectivity index (χ2n) is 3.89. The maximum atomic E-state index is 5.67. The second kappa shape index (κ2) is 5.19. The summed E-state index contributed by atoms with van der Waals surface area (Å²) in [5, 5.41) is 0. The lowest BCUT2D eigenvalue weighted by Crippen LogP contribution is -2.16. The molecule has 2 rings (SSSR count). The Bertz CT molecular complexity index is 514. The zero-order valence-electron chi connectivity index (χ0n) is 9.60. The molecule has 0 amide bonds. The summed E-state index contributed by atoms with van der Waals surface area (Å²) in [6.07, 6.45) is 1.72. The minimum Gasteiger partial charge on any atom is -0.384 e. The van der Waals surface area contributed by atoms with Crippen molar-refractivity contribution in [3.63, 3.8) is 0 Å². The number of nitrogens with zero attached hydrogens (tertiary/aromatic N) is 2. The summed E-state index contributed by atoms with van der Waals surface area (Å²) >= 11 is 3.55. The van der Waals surface area contributed by atoms with E-state index in [-0.39, 0.29) is 0 Å². The topological polar surface area (TPSA) is 42.2 Å². The number of hydrogen-bond acceptors (Lipinski definition) is 3. The van der Waals surface area contributed by atoms with Gasteiger partial charge in [-0.3, -0.25) is 0 Å². The zero-order valence-corrected chi connectivity index (χ0v) is 11.2. The molecule has 0 bridgehead atoms. The van der Waals surface area contributed by atoms with E-state index in [1.807, 2.05) is 37.4 Å². The third kappa shape index (κ3) is 2.97. The molecule has 3 nitrogen and oxygen atoms in total. The first-order valence-corrected chi connectivity index (χ1v) is 6.12. The lowest BCUT2D eigenvalue weighted by atomic mass is 10.2. The summed E-state index contributed by atoms with van der Waals surface area (Å²) in [6, 6.07) is 12.0. The van der Waals surface area contributed by atoms with E-state index in [0.29, 0.717) is 5.82 Å². The maximum absolute atomic E-state index is 5.67. The number of pyridine rings is 1. The van der Waals surface area contributed by atoms with E-state index in [4.69, 9.17) is 5.73 Å². The molecule has 1 aromatic carbocycles. The highest BCUT2D eigenvalue weighted by atomic mass is 79.9. The van der Waals surface area contributed by atoms with E-state index in [1.54, 1.807) is 6.20 Å². The molecule has 0 saturated heterocycles.